The first-order chi connectivity index (χ1) is 9.19. The summed E-state index contributed by atoms with van der Waals surface area (Å²) in [4.78, 5) is 15.6. The van der Waals surface area contributed by atoms with Gasteiger partial charge in [0.1, 0.15) is 0 Å². The summed E-state index contributed by atoms with van der Waals surface area (Å²) in [6, 6.07) is 7.95. The van der Waals surface area contributed by atoms with Crippen molar-refractivity contribution >= 4 is 27.9 Å². The van der Waals surface area contributed by atoms with E-state index < -0.39 is 0 Å². The summed E-state index contributed by atoms with van der Waals surface area (Å²) in [7, 11) is 0. The molecule has 0 atom stereocenters. The Kier molecular flexibility index (Phi) is 5.16. The van der Waals surface area contributed by atoms with Crippen LogP contribution in [0.15, 0.2) is 34.8 Å². The van der Waals surface area contributed by atoms with Gasteiger partial charge in [-0.05, 0) is 30.7 Å². The Hall–Kier alpha value is -1.13. The largest absolute Gasteiger partial charge is 0.332 e. The average Bonchev–Trinajstić information content (AvgIpc) is 2.46. The lowest BCUT2D eigenvalue weighted by Crippen LogP contribution is -3.14. The number of hydrogen-bond donors (Lipinski definition) is 1. The minimum Gasteiger partial charge on any atom is -0.332 e. The Balaban J connectivity index is 1.89. The van der Waals surface area contributed by atoms with Crippen LogP contribution in [-0.2, 0) is 4.79 Å². The Morgan fingerprint density at radius 3 is 2.53 bits per heavy atom. The second-order valence-corrected chi connectivity index (χ2v) is 5.73. The van der Waals surface area contributed by atoms with E-state index in [1.165, 1.54) is 0 Å². The van der Waals surface area contributed by atoms with Crippen molar-refractivity contribution in [1.82, 2.24) is 4.90 Å². The Morgan fingerprint density at radius 2 is 1.95 bits per heavy atom. The highest BCUT2D eigenvalue weighted by molar-refractivity contribution is 9.10. The number of rotatable bonds is 3. The van der Waals surface area contributed by atoms with Gasteiger partial charge in [-0.2, -0.15) is 0 Å². The Labute approximate surface area is 123 Å². The molecule has 3 nitrogen and oxygen atoms in total. The van der Waals surface area contributed by atoms with Crippen molar-refractivity contribution < 1.29 is 9.69 Å². The van der Waals surface area contributed by atoms with Crippen LogP contribution in [0.1, 0.15) is 12.5 Å². The smallest absolute Gasteiger partial charge is 0.246 e. The molecule has 0 spiro atoms. The van der Waals surface area contributed by atoms with E-state index in [4.69, 9.17) is 0 Å². The van der Waals surface area contributed by atoms with Crippen molar-refractivity contribution in [2.75, 3.05) is 32.7 Å². The molecule has 1 aromatic rings. The minimum atomic E-state index is 0.123. The normalized spacial score (nSPS) is 17.1. The highest BCUT2D eigenvalue weighted by atomic mass is 79.9. The minimum absolute atomic E-state index is 0.123. The van der Waals surface area contributed by atoms with E-state index in [1.54, 1.807) is 11.0 Å². The molecule has 1 aliphatic heterocycles. The molecule has 1 aromatic carbocycles. The molecule has 1 saturated heterocycles. The second-order valence-electron chi connectivity index (χ2n) is 4.81. The van der Waals surface area contributed by atoms with Gasteiger partial charge in [0.25, 0.3) is 0 Å². The van der Waals surface area contributed by atoms with Crippen molar-refractivity contribution in [2.24, 2.45) is 0 Å². The number of carbonyl (C=O) groups is 1. The van der Waals surface area contributed by atoms with Crippen LogP contribution in [0.4, 0.5) is 0 Å². The maximum Gasteiger partial charge on any atom is 0.246 e. The molecule has 19 heavy (non-hydrogen) atoms. The highest BCUT2D eigenvalue weighted by Crippen LogP contribution is 2.11. The fourth-order valence-corrected chi connectivity index (χ4v) is 2.51. The van der Waals surface area contributed by atoms with Gasteiger partial charge in [-0.25, -0.2) is 0 Å². The molecule has 1 N–H and O–H groups in total. The summed E-state index contributed by atoms with van der Waals surface area (Å²) >= 11 is 3.40. The van der Waals surface area contributed by atoms with Gasteiger partial charge in [0.05, 0.1) is 32.7 Å². The molecule has 0 saturated carbocycles. The molecule has 4 heteroatoms. The van der Waals surface area contributed by atoms with E-state index in [9.17, 15) is 4.79 Å². The van der Waals surface area contributed by atoms with Crippen LogP contribution in [-0.4, -0.2) is 43.5 Å². The maximum atomic E-state index is 12.1. The van der Waals surface area contributed by atoms with E-state index in [-0.39, 0.29) is 5.91 Å². The lowest BCUT2D eigenvalue weighted by atomic mass is 10.2. The third-order valence-electron chi connectivity index (χ3n) is 3.57. The van der Waals surface area contributed by atoms with Crippen molar-refractivity contribution in [3.63, 3.8) is 0 Å². The highest BCUT2D eigenvalue weighted by Gasteiger charge is 2.20. The van der Waals surface area contributed by atoms with Gasteiger partial charge in [-0.1, -0.05) is 28.1 Å². The summed E-state index contributed by atoms with van der Waals surface area (Å²) in [5.41, 5.74) is 1.05. The SMILES string of the molecule is CC[NH+]1CCN(C(=O)C=Cc2ccc(Br)cc2)CC1. The third kappa shape index (κ3) is 4.18. The number of nitrogens with one attached hydrogen (secondary N) is 1. The molecule has 0 unspecified atom stereocenters. The molecular formula is C15H20BrN2O+. The predicted octanol–water partition coefficient (Wildman–Crippen LogP) is 1.21. The second kappa shape index (κ2) is 6.87. The first-order valence-electron chi connectivity index (χ1n) is 6.75. The first-order valence-corrected chi connectivity index (χ1v) is 7.54. The van der Waals surface area contributed by atoms with Crippen LogP contribution in [0.2, 0.25) is 0 Å². The third-order valence-corrected chi connectivity index (χ3v) is 4.10. The quantitative estimate of drug-likeness (QED) is 0.831. The number of halogens is 1. The van der Waals surface area contributed by atoms with E-state index in [0.29, 0.717) is 0 Å². The summed E-state index contributed by atoms with van der Waals surface area (Å²) in [5, 5.41) is 0. The molecule has 1 aliphatic rings. The van der Waals surface area contributed by atoms with E-state index >= 15 is 0 Å². The van der Waals surface area contributed by atoms with Gasteiger partial charge in [-0.15, -0.1) is 0 Å². The van der Waals surface area contributed by atoms with Crippen molar-refractivity contribution in [3.8, 4) is 0 Å². The zero-order chi connectivity index (χ0) is 13.7. The fourth-order valence-electron chi connectivity index (χ4n) is 2.24. The monoisotopic (exact) mass is 323 g/mol. The molecule has 0 aromatic heterocycles. The number of likely N-dealkylation sites (N-methyl/N-ethyl adjacent to an activating group) is 1. The van der Waals surface area contributed by atoms with Gasteiger partial charge < -0.3 is 9.80 Å². The van der Waals surface area contributed by atoms with Gasteiger partial charge in [0.15, 0.2) is 0 Å². The average molecular weight is 324 g/mol. The number of nitrogens with zero attached hydrogens (tertiary/aromatic N) is 1. The van der Waals surface area contributed by atoms with Gasteiger partial charge in [-0.3, -0.25) is 4.79 Å². The fraction of sp³-hybridized carbons (Fsp3) is 0.400. The molecular weight excluding hydrogens is 304 g/mol. The number of quaternary nitrogens is 1. The van der Waals surface area contributed by atoms with Crippen LogP contribution in [0.5, 0.6) is 0 Å². The summed E-state index contributed by atoms with van der Waals surface area (Å²) in [6.45, 7) is 7.21. The number of benzene rings is 1. The maximum absolute atomic E-state index is 12.1. The van der Waals surface area contributed by atoms with Crippen molar-refractivity contribution in [1.29, 1.82) is 0 Å². The van der Waals surface area contributed by atoms with Gasteiger partial charge in [0.2, 0.25) is 5.91 Å². The van der Waals surface area contributed by atoms with Crippen LogP contribution >= 0.6 is 15.9 Å². The molecule has 102 valence electrons. The van der Waals surface area contributed by atoms with Crippen LogP contribution in [0, 0.1) is 0 Å². The lowest BCUT2D eigenvalue weighted by molar-refractivity contribution is -0.902. The predicted molar refractivity (Wildman–Crippen MR) is 81.0 cm³/mol. The molecule has 2 rings (SSSR count). The zero-order valence-corrected chi connectivity index (χ0v) is 12.8. The summed E-state index contributed by atoms with van der Waals surface area (Å²) in [5.74, 6) is 0.123. The van der Waals surface area contributed by atoms with E-state index in [2.05, 4.69) is 22.9 Å². The molecule has 1 heterocycles. The number of carbonyl (C=O) groups excluding carboxylic acids is 1. The Bertz CT molecular complexity index is 448. The molecule has 0 aliphatic carbocycles. The summed E-state index contributed by atoms with van der Waals surface area (Å²) < 4.78 is 1.05. The molecule has 1 amide bonds. The lowest BCUT2D eigenvalue weighted by Gasteiger charge is -2.30. The topological polar surface area (TPSA) is 24.8 Å². The van der Waals surface area contributed by atoms with E-state index in [1.807, 2.05) is 35.2 Å². The number of piperazine rings is 1. The zero-order valence-electron chi connectivity index (χ0n) is 11.2. The van der Waals surface area contributed by atoms with Crippen LogP contribution in [0.3, 0.4) is 0 Å². The molecule has 1 fully saturated rings. The number of amides is 1. The Morgan fingerprint density at radius 1 is 1.32 bits per heavy atom. The van der Waals surface area contributed by atoms with Crippen molar-refractivity contribution in [3.05, 3.63) is 40.4 Å². The molecule has 0 bridgehead atoms. The van der Waals surface area contributed by atoms with Gasteiger partial charge in [0, 0.05) is 10.5 Å². The van der Waals surface area contributed by atoms with E-state index in [0.717, 1.165) is 42.8 Å². The number of hydrogen-bond acceptors (Lipinski definition) is 1. The standard InChI is InChI=1S/C15H19BrN2O/c1-2-17-9-11-18(12-10-17)15(19)8-5-13-3-6-14(16)7-4-13/h3-8H,2,9-12H2,1H3/p+1. The van der Waals surface area contributed by atoms with Crippen LogP contribution in [0.25, 0.3) is 6.08 Å². The van der Waals surface area contributed by atoms with Crippen molar-refractivity contribution in [2.45, 2.75) is 6.92 Å². The van der Waals surface area contributed by atoms with Gasteiger partial charge >= 0.3 is 0 Å². The summed E-state index contributed by atoms with van der Waals surface area (Å²) in [6.07, 6.45) is 3.56. The van der Waals surface area contributed by atoms with Crippen LogP contribution < -0.4 is 4.90 Å². The first kappa shape index (κ1) is 14.3. The molecule has 0 radical (unpaired) electrons.